The first-order valence-electron chi connectivity index (χ1n) is 41.2. The number of ether oxygens (including phenoxy) is 6. The number of fused-ring (bicyclic) bond motifs is 3. The summed E-state index contributed by atoms with van der Waals surface area (Å²) in [4.78, 5) is 98.1. The van der Waals surface area contributed by atoms with Crippen molar-refractivity contribution in [1.82, 2.24) is 30.9 Å². The summed E-state index contributed by atoms with van der Waals surface area (Å²) in [6.07, 6.45) is 0.411. The van der Waals surface area contributed by atoms with Gasteiger partial charge in [-0.05, 0) is 215 Å². The third kappa shape index (κ3) is 21.4. The van der Waals surface area contributed by atoms with Crippen LogP contribution in [0.4, 0.5) is 17.1 Å². The number of rotatable bonds is 36. The summed E-state index contributed by atoms with van der Waals surface area (Å²) in [5, 5.41) is 21.1. The number of anilines is 3. The van der Waals surface area contributed by atoms with Gasteiger partial charge in [-0.1, -0.05) is 164 Å². The van der Waals surface area contributed by atoms with Gasteiger partial charge in [0.2, 0.25) is 35.4 Å². The number of aryl methyl sites for hydroxylation is 3. The minimum absolute atomic E-state index is 0.0134. The highest BCUT2D eigenvalue weighted by Gasteiger charge is 2.29. The number of carbonyl (C=O) groups is 6. The molecule has 6 amide bonds. The first kappa shape index (κ1) is 83.9. The largest absolute Gasteiger partial charge is 0.497 e. The van der Waals surface area contributed by atoms with E-state index in [0.717, 1.165) is 117 Å². The molecule has 0 aliphatic carbocycles. The Bertz CT molecular complexity index is 5630. The van der Waals surface area contributed by atoms with E-state index in [2.05, 4.69) is 46.9 Å². The number of carbonyl (C=O) groups excluding carboxylic acids is 6. The van der Waals surface area contributed by atoms with Gasteiger partial charge in [-0.2, -0.15) is 0 Å². The van der Waals surface area contributed by atoms with Crippen molar-refractivity contribution >= 4 is 85.2 Å². The summed E-state index contributed by atoms with van der Waals surface area (Å²) in [5.74, 6) is 0.974. The number of methoxy groups -OCH3 is 3. The molecule has 0 saturated heterocycles. The fourth-order valence-electron chi connectivity index (χ4n) is 15.6. The molecule has 0 saturated carbocycles. The van der Waals surface area contributed by atoms with Gasteiger partial charge in [0.1, 0.15) is 72.4 Å². The number of aromatic nitrogens is 3. The topological polar surface area (TPSA) is 277 Å². The van der Waals surface area contributed by atoms with Gasteiger partial charge in [0.15, 0.2) is 0 Å². The molecule has 3 aromatic heterocycles. The van der Waals surface area contributed by atoms with Crippen molar-refractivity contribution in [3.8, 4) is 34.5 Å². The molecule has 0 bridgehead atoms. The van der Waals surface area contributed by atoms with Crippen molar-refractivity contribution in [2.75, 3.05) is 37.3 Å². The monoisotopic (exact) mass is 1650 g/mol. The Morgan fingerprint density at radius 1 is 0.290 bits per heavy atom. The van der Waals surface area contributed by atoms with E-state index in [4.69, 9.17) is 28.4 Å². The van der Waals surface area contributed by atoms with Crippen LogP contribution in [0.25, 0.3) is 32.7 Å². The Morgan fingerprint density at radius 2 is 0.540 bits per heavy atom. The zero-order valence-corrected chi connectivity index (χ0v) is 69.8. The highest BCUT2D eigenvalue weighted by molar-refractivity contribution is 6.01. The molecule has 9 N–H and O–H groups in total. The molecule has 124 heavy (non-hydrogen) atoms. The maximum absolute atomic E-state index is 14.9. The van der Waals surface area contributed by atoms with Crippen LogP contribution in [0.2, 0.25) is 0 Å². The molecule has 21 heteroatoms. The van der Waals surface area contributed by atoms with Gasteiger partial charge in [-0.3, -0.25) is 28.8 Å². The quantitative estimate of drug-likeness (QED) is 0.0166. The minimum Gasteiger partial charge on any atom is -0.497 e. The Morgan fingerprint density at radius 3 is 0.790 bits per heavy atom. The zero-order valence-electron chi connectivity index (χ0n) is 69.8. The molecule has 3 heterocycles. The predicted molar refractivity (Wildman–Crippen MR) is 485 cm³/mol. The molecule has 3 atom stereocenters. The van der Waals surface area contributed by atoms with E-state index >= 15 is 0 Å². The van der Waals surface area contributed by atoms with Gasteiger partial charge in [-0.15, -0.1) is 0 Å². The SMILES string of the molecule is COc1ccc2[nH]c(C)c(CC(=O)N[C@@H](Cc3ccc(OCc4ccccc4)cc3)C(=O)Nc3ccc(C(c4ccc(NC(=O)[C@H](Cc5ccc(OCc6ccccc6)cc5)NC(=O)Cc5c(C)[nH]c6ccc(OC)cc56)cc4)c4ccc(NC(=O)[C@H](Cc5ccc(OCc6ccccc6)cc5)NC(=O)Cc5c(C)[nH]c6ccc(OC)cc56)cc4)cc3)c2c1. The van der Waals surface area contributed by atoms with Crippen molar-refractivity contribution in [1.29, 1.82) is 0 Å². The second kappa shape index (κ2) is 39.4. The number of hydrogen-bond donors (Lipinski definition) is 9. The molecular weight excluding hydrogens is 1560 g/mol. The maximum Gasteiger partial charge on any atom is 0.247 e. The number of benzene rings is 12. The molecule has 0 radical (unpaired) electrons. The van der Waals surface area contributed by atoms with Crippen molar-refractivity contribution < 1.29 is 57.2 Å². The Kier molecular flexibility index (Phi) is 26.7. The first-order chi connectivity index (χ1) is 60.4. The first-order valence-corrected chi connectivity index (χ1v) is 41.2. The standard InChI is InChI=1S/C103H97N9O12/c1-64-85(88-55-82(119-4)46-49-91(88)104-64)58-97(113)110-94(52-67-22-40-79(41-23-67)122-61-70-16-10-7-11-17-70)101(116)107-76-34-28-73(29-35-76)100(74-30-36-77(37-31-74)108-102(117)95(53-68-24-42-80(43-25-68)123-62-71-18-12-8-13-19-71)111-98(114)59-86-65(2)105-92-50-47-83(120-5)56-89(86)92)75-32-38-78(39-33-75)109-103(118)96(54-69-26-44-81(45-27-69)124-63-72-20-14-9-15-21-72)112-99(115)60-87-66(3)106-93-51-48-84(121-6)57-90(87)93/h7-51,55-57,94-96,100,104-106H,52-54,58-63H2,1-6H3,(H,107,116)(H,108,117)(H,109,118)(H,110,113)(H,111,114)(H,112,115)/t94-,95-,96-/m0/s1. The summed E-state index contributed by atoms with van der Waals surface area (Å²) in [6.45, 7) is 6.87. The lowest BCUT2D eigenvalue weighted by molar-refractivity contribution is -0.126. The summed E-state index contributed by atoms with van der Waals surface area (Å²) >= 11 is 0. The molecule has 0 unspecified atom stereocenters. The second-order valence-corrected chi connectivity index (χ2v) is 30.9. The third-order valence-electron chi connectivity index (χ3n) is 22.3. The molecule has 21 nitrogen and oxygen atoms in total. The van der Waals surface area contributed by atoms with Gasteiger partial charge in [-0.25, -0.2) is 0 Å². The van der Waals surface area contributed by atoms with Crippen molar-refractivity contribution in [3.63, 3.8) is 0 Å². The highest BCUT2D eigenvalue weighted by Crippen LogP contribution is 2.36. The molecule has 0 aliphatic rings. The molecular formula is C103H97N9O12. The number of aromatic amines is 3. The Balaban J connectivity index is 0.709. The fourth-order valence-corrected chi connectivity index (χ4v) is 15.6. The lowest BCUT2D eigenvalue weighted by Crippen LogP contribution is -2.45. The molecule has 0 spiro atoms. The lowest BCUT2D eigenvalue weighted by atomic mass is 9.85. The Labute approximate surface area is 719 Å². The average molecular weight is 1650 g/mol. The van der Waals surface area contributed by atoms with Crippen LogP contribution in [-0.4, -0.2) is 89.8 Å². The molecule has 0 aliphatic heterocycles. The zero-order chi connectivity index (χ0) is 86.0. The van der Waals surface area contributed by atoms with Gasteiger partial charge >= 0.3 is 0 Å². The van der Waals surface area contributed by atoms with Crippen LogP contribution in [-0.2, 0) is 87.1 Å². The maximum atomic E-state index is 14.9. The van der Waals surface area contributed by atoms with Gasteiger partial charge in [0.05, 0.1) is 40.6 Å². The van der Waals surface area contributed by atoms with E-state index in [0.29, 0.717) is 71.4 Å². The van der Waals surface area contributed by atoms with Crippen LogP contribution in [0.3, 0.4) is 0 Å². The fraction of sp³-hybridized carbons (Fsp3) is 0.184. The lowest BCUT2D eigenvalue weighted by Gasteiger charge is -2.22. The van der Waals surface area contributed by atoms with E-state index in [-0.39, 0.29) is 56.2 Å². The van der Waals surface area contributed by atoms with Gasteiger partial charge < -0.3 is 75.3 Å². The average Bonchev–Trinajstić information content (AvgIpc) is 1.63. The van der Waals surface area contributed by atoms with Crippen LogP contribution in [0.15, 0.2) is 291 Å². The minimum atomic E-state index is -1.03. The summed E-state index contributed by atoms with van der Waals surface area (Å²) in [6, 6.07) is 88.4. The summed E-state index contributed by atoms with van der Waals surface area (Å²) < 4.78 is 35.0. The summed E-state index contributed by atoms with van der Waals surface area (Å²) in [7, 11) is 4.79. The number of hydrogen-bond acceptors (Lipinski definition) is 12. The van der Waals surface area contributed by atoms with Crippen molar-refractivity contribution in [2.45, 2.75) is 103 Å². The molecule has 15 rings (SSSR count). The van der Waals surface area contributed by atoms with Gasteiger partial charge in [0, 0.05) is 92.0 Å². The van der Waals surface area contributed by atoms with E-state index in [1.807, 2.05) is 312 Å². The van der Waals surface area contributed by atoms with E-state index < -0.39 is 41.8 Å². The molecule has 0 fully saturated rings. The van der Waals surface area contributed by atoms with E-state index in [9.17, 15) is 28.8 Å². The van der Waals surface area contributed by atoms with Crippen LogP contribution in [0.5, 0.6) is 34.5 Å². The van der Waals surface area contributed by atoms with Crippen LogP contribution >= 0.6 is 0 Å². The normalized spacial score (nSPS) is 11.9. The van der Waals surface area contributed by atoms with Crippen LogP contribution < -0.4 is 60.3 Å². The third-order valence-corrected chi connectivity index (χ3v) is 22.3. The number of H-pyrrole nitrogens is 3. The Hall–Kier alpha value is -15.1. The molecule has 626 valence electrons. The van der Waals surface area contributed by atoms with E-state index in [1.54, 1.807) is 21.3 Å². The summed E-state index contributed by atoms with van der Waals surface area (Å²) in [5.41, 5.74) is 16.6. The second-order valence-electron chi connectivity index (χ2n) is 30.9. The molecule has 12 aromatic carbocycles. The predicted octanol–water partition coefficient (Wildman–Crippen LogP) is 17.7. The van der Waals surface area contributed by atoms with Crippen molar-refractivity contribution in [2.24, 2.45) is 0 Å². The van der Waals surface area contributed by atoms with E-state index in [1.165, 1.54) is 0 Å². The number of amides is 6. The van der Waals surface area contributed by atoms with Crippen LogP contribution in [0, 0.1) is 20.8 Å². The number of nitrogens with one attached hydrogen (secondary N) is 9. The van der Waals surface area contributed by atoms with Gasteiger partial charge in [0.25, 0.3) is 0 Å². The van der Waals surface area contributed by atoms with Crippen molar-refractivity contribution in [3.05, 3.63) is 375 Å². The van der Waals surface area contributed by atoms with Crippen LogP contribution in [0.1, 0.15) is 89.8 Å². The smallest absolute Gasteiger partial charge is 0.247 e. The highest BCUT2D eigenvalue weighted by atomic mass is 16.5. The molecule has 15 aromatic rings.